The lowest BCUT2D eigenvalue weighted by Gasteiger charge is -2.30. The Bertz CT molecular complexity index is 998. The molecule has 0 atom stereocenters. The number of nitrogens with zero attached hydrogens (tertiary/aromatic N) is 4. The first-order valence-corrected chi connectivity index (χ1v) is 10.3. The molecule has 0 aliphatic carbocycles. The van der Waals surface area contributed by atoms with Gasteiger partial charge >= 0.3 is 0 Å². The second-order valence-electron chi connectivity index (χ2n) is 6.92. The average Bonchev–Trinajstić information content (AvgIpc) is 3.19. The second-order valence-corrected chi connectivity index (χ2v) is 7.92. The molecule has 0 radical (unpaired) electrons. The van der Waals surface area contributed by atoms with E-state index in [1.165, 1.54) is 18.3 Å². The summed E-state index contributed by atoms with van der Waals surface area (Å²) >= 11 is 1.23. The molecule has 0 spiro atoms. The number of hydrogen-bond donors (Lipinski definition) is 1. The minimum Gasteiger partial charge on any atom is -0.341 e. The number of aromatic nitrogens is 3. The fraction of sp³-hybridized carbons (Fsp3) is 0.286. The number of nitrogens with one attached hydrogen (secondary N) is 1. The van der Waals surface area contributed by atoms with Crippen molar-refractivity contribution in [2.24, 2.45) is 5.92 Å². The van der Waals surface area contributed by atoms with E-state index >= 15 is 0 Å². The van der Waals surface area contributed by atoms with Crippen LogP contribution >= 0.6 is 11.3 Å². The van der Waals surface area contributed by atoms with Crippen LogP contribution < -0.4 is 10.2 Å². The lowest BCUT2D eigenvalue weighted by Crippen LogP contribution is -2.38. The van der Waals surface area contributed by atoms with E-state index in [-0.39, 0.29) is 17.6 Å². The molecule has 0 bridgehead atoms. The molecule has 1 aliphatic rings. The van der Waals surface area contributed by atoms with Crippen molar-refractivity contribution in [2.45, 2.75) is 19.8 Å². The van der Waals surface area contributed by atoms with Gasteiger partial charge in [-0.05, 0) is 18.9 Å². The summed E-state index contributed by atoms with van der Waals surface area (Å²) in [7, 11) is 0. The van der Waals surface area contributed by atoms with Gasteiger partial charge in [0, 0.05) is 43.9 Å². The lowest BCUT2D eigenvalue weighted by atomic mass is 9.96. The minimum atomic E-state index is -0.0974. The normalized spacial score (nSPS) is 14.6. The molecule has 29 heavy (non-hydrogen) atoms. The molecule has 7 nitrogen and oxygen atoms in total. The van der Waals surface area contributed by atoms with Crippen LogP contribution in [0.3, 0.4) is 0 Å². The fourth-order valence-corrected chi connectivity index (χ4v) is 4.29. The van der Waals surface area contributed by atoms with Crippen molar-refractivity contribution in [3.63, 3.8) is 0 Å². The van der Waals surface area contributed by atoms with Crippen LogP contribution in [0, 0.1) is 5.92 Å². The molecule has 3 aromatic rings. The number of thiazole rings is 1. The van der Waals surface area contributed by atoms with Gasteiger partial charge in [0.25, 0.3) is 0 Å². The molecule has 1 saturated heterocycles. The maximum Gasteiger partial charge on any atom is 0.229 e. The molecule has 148 valence electrons. The van der Waals surface area contributed by atoms with Gasteiger partial charge < -0.3 is 10.2 Å². The van der Waals surface area contributed by atoms with Crippen molar-refractivity contribution in [1.29, 1.82) is 0 Å². The Labute approximate surface area is 172 Å². The first kappa shape index (κ1) is 19.2. The number of hydrogen-bond acceptors (Lipinski definition) is 7. The number of carbonyl (C=O) groups is 2. The van der Waals surface area contributed by atoms with Crippen molar-refractivity contribution < 1.29 is 9.59 Å². The molecule has 1 aliphatic heterocycles. The van der Waals surface area contributed by atoms with Crippen molar-refractivity contribution in [3.8, 4) is 11.3 Å². The molecule has 8 heteroatoms. The van der Waals surface area contributed by atoms with Crippen LogP contribution in [0.5, 0.6) is 0 Å². The summed E-state index contributed by atoms with van der Waals surface area (Å²) in [6.45, 7) is 2.98. The van der Waals surface area contributed by atoms with E-state index in [1.54, 1.807) is 18.5 Å². The number of benzene rings is 1. The predicted molar refractivity (Wildman–Crippen MR) is 113 cm³/mol. The highest BCUT2D eigenvalue weighted by atomic mass is 32.1. The van der Waals surface area contributed by atoms with E-state index in [1.807, 2.05) is 30.3 Å². The molecule has 2 aromatic heterocycles. The van der Waals surface area contributed by atoms with Gasteiger partial charge in [-0.2, -0.15) is 0 Å². The first-order valence-electron chi connectivity index (χ1n) is 9.52. The standard InChI is InChI=1S/C21H21N5O2S/c1-14(27)18-17(15-6-3-2-4-7-15)24-21(29-18)25-19(28)16-8-12-26(13-9-16)20-22-10-5-11-23-20/h2-7,10-11,16H,8-9,12-13H2,1H3,(H,24,25,28). The minimum absolute atomic E-state index is 0.0536. The van der Waals surface area contributed by atoms with Gasteiger partial charge in [-0.25, -0.2) is 15.0 Å². The Morgan fingerprint density at radius 1 is 1.07 bits per heavy atom. The number of amides is 1. The van der Waals surface area contributed by atoms with Crippen LogP contribution in [0.1, 0.15) is 29.4 Å². The van der Waals surface area contributed by atoms with Gasteiger partial charge in [0.05, 0.1) is 10.6 Å². The highest BCUT2D eigenvalue weighted by molar-refractivity contribution is 7.18. The summed E-state index contributed by atoms with van der Waals surface area (Å²) in [4.78, 5) is 40.5. The Hall–Kier alpha value is -3.13. The zero-order valence-corrected chi connectivity index (χ0v) is 16.9. The maximum atomic E-state index is 12.8. The summed E-state index contributed by atoms with van der Waals surface area (Å²) in [5.41, 5.74) is 1.49. The van der Waals surface area contributed by atoms with Crippen LogP contribution in [0.4, 0.5) is 11.1 Å². The predicted octanol–water partition coefficient (Wildman–Crippen LogP) is 3.66. The molecule has 1 N–H and O–H groups in total. The smallest absolute Gasteiger partial charge is 0.229 e. The number of Topliss-reactive ketones (excluding diaryl/α,β-unsaturated/α-hetero) is 1. The van der Waals surface area contributed by atoms with Gasteiger partial charge in [0.15, 0.2) is 10.9 Å². The molecule has 4 rings (SSSR count). The van der Waals surface area contributed by atoms with Gasteiger partial charge in [-0.3, -0.25) is 9.59 Å². The molecule has 0 unspecified atom stereocenters. The van der Waals surface area contributed by atoms with Gasteiger partial charge in [-0.15, -0.1) is 0 Å². The third-order valence-corrected chi connectivity index (χ3v) is 6.00. The monoisotopic (exact) mass is 407 g/mol. The summed E-state index contributed by atoms with van der Waals surface area (Å²) in [5.74, 6) is 0.491. The van der Waals surface area contributed by atoms with Gasteiger partial charge in [0.2, 0.25) is 11.9 Å². The Balaban J connectivity index is 1.43. The second kappa shape index (κ2) is 8.48. The molecule has 1 fully saturated rings. The molecular formula is C21H21N5O2S. The zero-order chi connectivity index (χ0) is 20.2. The van der Waals surface area contributed by atoms with E-state index in [4.69, 9.17) is 0 Å². The van der Waals surface area contributed by atoms with Gasteiger partial charge in [-0.1, -0.05) is 41.7 Å². The largest absolute Gasteiger partial charge is 0.341 e. The van der Waals surface area contributed by atoms with Crippen LogP contribution in [0.2, 0.25) is 0 Å². The van der Waals surface area contributed by atoms with E-state index in [0.717, 1.165) is 31.5 Å². The van der Waals surface area contributed by atoms with Crippen molar-refractivity contribution >= 4 is 34.1 Å². The molecule has 3 heterocycles. The summed E-state index contributed by atoms with van der Waals surface area (Å²) in [5, 5.41) is 3.38. The maximum absolute atomic E-state index is 12.8. The van der Waals surface area contributed by atoms with Crippen molar-refractivity contribution in [1.82, 2.24) is 15.0 Å². The highest BCUT2D eigenvalue weighted by Gasteiger charge is 2.27. The van der Waals surface area contributed by atoms with Crippen LogP contribution in [-0.4, -0.2) is 39.7 Å². The lowest BCUT2D eigenvalue weighted by molar-refractivity contribution is -0.120. The Morgan fingerprint density at radius 2 is 1.76 bits per heavy atom. The van der Waals surface area contributed by atoms with E-state index in [9.17, 15) is 9.59 Å². The quantitative estimate of drug-likeness (QED) is 0.650. The molecule has 1 amide bonds. The molecular weight excluding hydrogens is 386 g/mol. The number of carbonyl (C=O) groups excluding carboxylic acids is 2. The topological polar surface area (TPSA) is 88.1 Å². The van der Waals surface area contributed by atoms with Crippen molar-refractivity contribution in [3.05, 3.63) is 53.7 Å². The number of ketones is 1. The Morgan fingerprint density at radius 3 is 2.41 bits per heavy atom. The zero-order valence-electron chi connectivity index (χ0n) is 16.0. The van der Waals surface area contributed by atoms with Crippen molar-refractivity contribution in [2.75, 3.05) is 23.3 Å². The fourth-order valence-electron chi connectivity index (χ4n) is 3.41. The molecule has 1 aromatic carbocycles. The first-order chi connectivity index (χ1) is 14.1. The SMILES string of the molecule is CC(=O)c1sc(NC(=O)C2CCN(c3ncccn3)CC2)nc1-c1ccccc1. The van der Waals surface area contributed by atoms with Crippen LogP contribution in [0.25, 0.3) is 11.3 Å². The van der Waals surface area contributed by atoms with Crippen LogP contribution in [-0.2, 0) is 4.79 Å². The van der Waals surface area contributed by atoms with E-state index in [2.05, 4.69) is 25.2 Å². The molecule has 0 saturated carbocycles. The number of piperidine rings is 1. The number of rotatable bonds is 5. The highest BCUT2D eigenvalue weighted by Crippen LogP contribution is 2.32. The van der Waals surface area contributed by atoms with E-state index < -0.39 is 0 Å². The van der Waals surface area contributed by atoms with Gasteiger partial charge in [0.1, 0.15) is 0 Å². The number of anilines is 2. The third kappa shape index (κ3) is 4.32. The van der Waals surface area contributed by atoms with E-state index in [0.29, 0.717) is 21.7 Å². The summed E-state index contributed by atoms with van der Waals surface area (Å²) in [6.07, 6.45) is 4.89. The summed E-state index contributed by atoms with van der Waals surface area (Å²) in [6, 6.07) is 11.3. The third-order valence-electron chi connectivity index (χ3n) is 4.93. The summed E-state index contributed by atoms with van der Waals surface area (Å²) < 4.78 is 0. The van der Waals surface area contributed by atoms with Crippen LogP contribution in [0.15, 0.2) is 48.8 Å². The average molecular weight is 407 g/mol. The Kier molecular flexibility index (Phi) is 5.62.